The quantitative estimate of drug-likeness (QED) is 0.529. The minimum Gasteiger partial charge on any atom is -0.345 e. The van der Waals surface area contributed by atoms with Gasteiger partial charge in [-0.05, 0) is 42.5 Å². The van der Waals surface area contributed by atoms with Crippen molar-refractivity contribution in [3.05, 3.63) is 113 Å². The lowest BCUT2D eigenvalue weighted by Crippen LogP contribution is -2.43. The largest absolute Gasteiger partial charge is 0.345 e. The molecule has 1 unspecified atom stereocenters. The van der Waals surface area contributed by atoms with Crippen LogP contribution in [-0.4, -0.2) is 31.7 Å². The van der Waals surface area contributed by atoms with Crippen molar-refractivity contribution in [1.82, 2.24) is 9.62 Å². The summed E-state index contributed by atoms with van der Waals surface area (Å²) in [7, 11) is -3.52. The number of hydrogen-bond acceptors (Lipinski definition) is 3. The summed E-state index contributed by atoms with van der Waals surface area (Å²) in [6, 6.07) is 27.2. The van der Waals surface area contributed by atoms with E-state index in [1.54, 1.807) is 6.08 Å². The number of benzene rings is 3. The molecule has 4 rings (SSSR count). The number of aryl methyl sites for hydroxylation is 1. The third-order valence-corrected chi connectivity index (χ3v) is 7.81. The minimum absolute atomic E-state index is 0.0358. The van der Waals surface area contributed by atoms with Crippen molar-refractivity contribution in [3.8, 4) is 0 Å². The smallest absolute Gasteiger partial charge is 0.236 e. The Morgan fingerprint density at radius 3 is 2.06 bits per heavy atom. The van der Waals surface area contributed by atoms with Crippen molar-refractivity contribution in [1.29, 1.82) is 0 Å². The highest BCUT2D eigenvalue weighted by Gasteiger charge is 2.31. The van der Waals surface area contributed by atoms with Crippen molar-refractivity contribution < 1.29 is 13.2 Å². The lowest BCUT2D eigenvalue weighted by atomic mass is 9.94. The molecule has 0 aliphatic carbocycles. The highest BCUT2D eigenvalue weighted by molar-refractivity contribution is 7.92. The predicted octanol–water partition coefficient (Wildman–Crippen LogP) is 4.91. The summed E-state index contributed by atoms with van der Waals surface area (Å²) in [4.78, 5) is 13.2. The van der Waals surface area contributed by atoms with E-state index in [2.05, 4.69) is 5.32 Å². The lowest BCUT2D eigenvalue weighted by Gasteiger charge is -2.31. The van der Waals surface area contributed by atoms with Crippen molar-refractivity contribution in [2.24, 2.45) is 5.92 Å². The monoisotopic (exact) mass is 474 g/mol. The molecule has 5 nitrogen and oxygen atoms in total. The van der Waals surface area contributed by atoms with Gasteiger partial charge in [0.2, 0.25) is 15.9 Å². The summed E-state index contributed by atoms with van der Waals surface area (Å²) in [5.41, 5.74) is 4.04. The van der Waals surface area contributed by atoms with E-state index in [-0.39, 0.29) is 17.9 Å². The molecule has 1 amide bonds. The van der Waals surface area contributed by atoms with Gasteiger partial charge in [0.15, 0.2) is 0 Å². The van der Waals surface area contributed by atoms with Crippen molar-refractivity contribution >= 4 is 22.0 Å². The van der Waals surface area contributed by atoms with Crippen LogP contribution in [0.3, 0.4) is 0 Å². The Morgan fingerprint density at radius 1 is 0.882 bits per heavy atom. The summed E-state index contributed by atoms with van der Waals surface area (Å²) in [5, 5.41) is 4.47. The molecule has 1 N–H and O–H groups in total. The number of sulfonamides is 1. The maximum Gasteiger partial charge on any atom is 0.236 e. The number of rotatable bonds is 7. The number of carbonyl (C=O) groups excluding carboxylic acids is 1. The van der Waals surface area contributed by atoms with Gasteiger partial charge in [0.1, 0.15) is 0 Å². The third kappa shape index (κ3) is 6.01. The first-order valence-electron chi connectivity index (χ1n) is 11.6. The average molecular weight is 475 g/mol. The van der Waals surface area contributed by atoms with Crippen LogP contribution in [0.15, 0.2) is 90.3 Å². The maximum atomic E-state index is 13.2. The fourth-order valence-corrected chi connectivity index (χ4v) is 5.43. The number of amides is 1. The molecule has 1 heterocycles. The van der Waals surface area contributed by atoms with Gasteiger partial charge in [-0.15, -0.1) is 0 Å². The zero-order valence-electron chi connectivity index (χ0n) is 19.3. The standard InChI is InChI=1S/C28H30N2O3S/c1-22-12-14-25(15-13-22)27(24-10-6-3-7-11-24)29-28(31)26-16-19-30(20-17-26)34(32,33)21-18-23-8-4-2-5-9-23/h2-15,18,21,26-27H,16-17,19-20H2,1H3,(H,29,31)/b21-18+. The van der Waals surface area contributed by atoms with Gasteiger partial charge >= 0.3 is 0 Å². The van der Waals surface area contributed by atoms with Gasteiger partial charge in [-0.3, -0.25) is 4.79 Å². The molecule has 1 aliphatic rings. The molecular weight excluding hydrogens is 444 g/mol. The second-order valence-electron chi connectivity index (χ2n) is 8.69. The van der Waals surface area contributed by atoms with Crippen molar-refractivity contribution in [2.75, 3.05) is 13.1 Å². The van der Waals surface area contributed by atoms with Crippen molar-refractivity contribution in [2.45, 2.75) is 25.8 Å². The van der Waals surface area contributed by atoms with Crippen LogP contribution < -0.4 is 5.32 Å². The first-order chi connectivity index (χ1) is 16.4. The topological polar surface area (TPSA) is 66.5 Å². The SMILES string of the molecule is Cc1ccc(C(NC(=O)C2CCN(S(=O)(=O)/C=C/c3ccccc3)CC2)c2ccccc2)cc1. The third-order valence-electron chi connectivity index (χ3n) is 6.25. The summed E-state index contributed by atoms with van der Waals surface area (Å²) in [6.45, 7) is 2.71. The van der Waals surface area contributed by atoms with Crippen molar-refractivity contribution in [3.63, 3.8) is 0 Å². The van der Waals surface area contributed by atoms with E-state index < -0.39 is 10.0 Å². The average Bonchev–Trinajstić information content (AvgIpc) is 2.88. The predicted molar refractivity (Wildman–Crippen MR) is 136 cm³/mol. The number of hydrogen-bond donors (Lipinski definition) is 1. The Kier molecular flexibility index (Phi) is 7.60. The number of piperidine rings is 1. The summed E-state index contributed by atoms with van der Waals surface area (Å²) in [6.07, 6.45) is 2.61. The second kappa shape index (κ2) is 10.8. The lowest BCUT2D eigenvalue weighted by molar-refractivity contribution is -0.126. The van der Waals surface area contributed by atoms with Gasteiger partial charge < -0.3 is 5.32 Å². The van der Waals surface area contributed by atoms with E-state index >= 15 is 0 Å². The van der Waals surface area contributed by atoms with Gasteiger partial charge in [-0.1, -0.05) is 90.5 Å². The zero-order valence-corrected chi connectivity index (χ0v) is 20.1. The van der Waals surface area contributed by atoms with E-state index in [1.807, 2.05) is 91.9 Å². The van der Waals surface area contributed by atoms with Crippen LogP contribution in [0.25, 0.3) is 6.08 Å². The Bertz CT molecular complexity index is 1220. The molecule has 34 heavy (non-hydrogen) atoms. The molecule has 1 atom stereocenters. The van der Waals surface area contributed by atoms with Gasteiger partial charge in [0, 0.05) is 24.4 Å². The molecule has 1 saturated heterocycles. The minimum atomic E-state index is -3.52. The van der Waals surface area contributed by atoms with E-state index in [0.29, 0.717) is 25.9 Å². The Morgan fingerprint density at radius 2 is 1.44 bits per heavy atom. The van der Waals surface area contributed by atoms with Gasteiger partial charge in [0.25, 0.3) is 0 Å². The first kappa shape index (κ1) is 23.9. The van der Waals surface area contributed by atoms with Gasteiger partial charge in [0.05, 0.1) is 6.04 Å². The van der Waals surface area contributed by atoms with E-state index in [4.69, 9.17) is 0 Å². The molecule has 176 valence electrons. The van der Waals surface area contributed by atoms with Crippen LogP contribution in [0.4, 0.5) is 0 Å². The van der Waals surface area contributed by atoms with Crippen LogP contribution in [0, 0.1) is 12.8 Å². The molecule has 1 aliphatic heterocycles. The fourth-order valence-electron chi connectivity index (χ4n) is 4.21. The zero-order chi connectivity index (χ0) is 24.0. The molecule has 1 fully saturated rings. The Balaban J connectivity index is 1.41. The Hall–Kier alpha value is -3.22. The molecule has 0 radical (unpaired) electrons. The van der Waals surface area contributed by atoms with E-state index in [9.17, 15) is 13.2 Å². The molecule has 0 aromatic heterocycles. The molecule has 0 spiro atoms. The normalized spacial score (nSPS) is 16.4. The molecule has 6 heteroatoms. The van der Waals surface area contributed by atoms with Gasteiger partial charge in [-0.2, -0.15) is 4.31 Å². The number of nitrogens with zero attached hydrogens (tertiary/aromatic N) is 1. The van der Waals surface area contributed by atoms with Crippen LogP contribution in [0.2, 0.25) is 0 Å². The number of carbonyl (C=O) groups is 1. The summed E-state index contributed by atoms with van der Waals surface area (Å²) >= 11 is 0. The Labute approximate surface area is 202 Å². The molecular formula is C28H30N2O3S. The summed E-state index contributed by atoms with van der Waals surface area (Å²) < 4.78 is 27.0. The van der Waals surface area contributed by atoms with Crippen LogP contribution in [-0.2, 0) is 14.8 Å². The van der Waals surface area contributed by atoms with Crippen LogP contribution >= 0.6 is 0 Å². The maximum absolute atomic E-state index is 13.2. The number of nitrogens with one attached hydrogen (secondary N) is 1. The van der Waals surface area contributed by atoms with E-state index in [1.165, 1.54) is 9.71 Å². The highest BCUT2D eigenvalue weighted by Crippen LogP contribution is 2.26. The first-order valence-corrected chi connectivity index (χ1v) is 13.1. The molecule has 0 bridgehead atoms. The van der Waals surface area contributed by atoms with Crippen LogP contribution in [0.5, 0.6) is 0 Å². The highest BCUT2D eigenvalue weighted by atomic mass is 32.2. The molecule has 3 aromatic rings. The molecule has 0 saturated carbocycles. The van der Waals surface area contributed by atoms with E-state index in [0.717, 1.165) is 22.3 Å². The fraction of sp³-hybridized carbons (Fsp3) is 0.250. The summed E-state index contributed by atoms with van der Waals surface area (Å²) in [5.74, 6) is -0.257. The van der Waals surface area contributed by atoms with Crippen LogP contribution in [0.1, 0.15) is 41.1 Å². The molecule has 3 aromatic carbocycles. The van der Waals surface area contributed by atoms with Gasteiger partial charge in [-0.25, -0.2) is 8.42 Å². The second-order valence-corrected chi connectivity index (χ2v) is 10.5.